The van der Waals surface area contributed by atoms with Crippen molar-refractivity contribution in [2.24, 2.45) is 0 Å². The van der Waals surface area contributed by atoms with E-state index in [0.717, 1.165) is 17.8 Å². The summed E-state index contributed by atoms with van der Waals surface area (Å²) in [5.41, 5.74) is 1.98. The number of aromatic hydroxyl groups is 1. The van der Waals surface area contributed by atoms with Crippen LogP contribution >= 0.6 is 11.6 Å². The summed E-state index contributed by atoms with van der Waals surface area (Å²) in [6, 6.07) is 15.3. The highest BCUT2D eigenvalue weighted by atomic mass is 35.5. The van der Waals surface area contributed by atoms with Gasteiger partial charge >= 0.3 is 0 Å². The van der Waals surface area contributed by atoms with Crippen molar-refractivity contribution in [3.05, 3.63) is 59.1 Å². The Labute approximate surface area is 112 Å². The maximum absolute atomic E-state index is 9.84. The number of phenols is 1. The third-order valence-electron chi connectivity index (χ3n) is 2.91. The Morgan fingerprint density at radius 2 is 1.83 bits per heavy atom. The van der Waals surface area contributed by atoms with E-state index in [0.29, 0.717) is 11.6 Å². The third kappa shape index (κ3) is 2.96. The van der Waals surface area contributed by atoms with Crippen molar-refractivity contribution in [3.8, 4) is 5.75 Å². The Bertz CT molecular complexity index is 513. The Hall–Kier alpha value is -1.67. The van der Waals surface area contributed by atoms with Crippen molar-refractivity contribution in [2.75, 3.05) is 11.4 Å². The molecule has 0 saturated heterocycles. The number of halogens is 1. The molecule has 0 saturated carbocycles. The van der Waals surface area contributed by atoms with Crippen LogP contribution in [0.3, 0.4) is 0 Å². The van der Waals surface area contributed by atoms with E-state index in [4.69, 9.17) is 11.6 Å². The lowest BCUT2D eigenvalue weighted by molar-refractivity contribution is 0.467. The normalized spacial score (nSPS) is 10.3. The van der Waals surface area contributed by atoms with Gasteiger partial charge in [-0.25, -0.2) is 0 Å². The lowest BCUT2D eigenvalue weighted by Gasteiger charge is -2.23. The fourth-order valence-electron chi connectivity index (χ4n) is 1.91. The first-order chi connectivity index (χ1) is 8.70. The first-order valence-electron chi connectivity index (χ1n) is 5.98. The van der Waals surface area contributed by atoms with E-state index in [1.54, 1.807) is 12.1 Å². The van der Waals surface area contributed by atoms with E-state index in [2.05, 4.69) is 24.0 Å². The summed E-state index contributed by atoms with van der Waals surface area (Å²) in [5.74, 6) is 0.286. The van der Waals surface area contributed by atoms with E-state index in [9.17, 15) is 5.11 Å². The maximum atomic E-state index is 9.84. The maximum Gasteiger partial charge on any atom is 0.120 e. The van der Waals surface area contributed by atoms with Gasteiger partial charge in [-0.15, -0.1) is 0 Å². The summed E-state index contributed by atoms with van der Waals surface area (Å²) in [6.45, 7) is 3.61. The summed E-state index contributed by atoms with van der Waals surface area (Å²) in [7, 11) is 0. The number of rotatable bonds is 4. The predicted molar refractivity (Wildman–Crippen MR) is 76.3 cm³/mol. The molecular formula is C15H16ClNO. The van der Waals surface area contributed by atoms with Gasteiger partial charge in [-0.3, -0.25) is 0 Å². The van der Waals surface area contributed by atoms with E-state index >= 15 is 0 Å². The summed E-state index contributed by atoms with van der Waals surface area (Å²) in [6.07, 6.45) is 0. The van der Waals surface area contributed by atoms with Gasteiger partial charge in [-0.2, -0.15) is 0 Å². The molecule has 0 fully saturated rings. The fourth-order valence-corrected chi connectivity index (χ4v) is 2.11. The monoisotopic (exact) mass is 261 g/mol. The topological polar surface area (TPSA) is 23.5 Å². The molecule has 0 aromatic heterocycles. The molecule has 0 atom stereocenters. The molecule has 0 aliphatic rings. The van der Waals surface area contributed by atoms with Crippen LogP contribution in [-0.2, 0) is 6.54 Å². The zero-order valence-electron chi connectivity index (χ0n) is 10.3. The number of para-hydroxylation sites is 1. The smallest absolute Gasteiger partial charge is 0.120 e. The van der Waals surface area contributed by atoms with Crippen molar-refractivity contribution in [1.29, 1.82) is 0 Å². The molecule has 0 aliphatic heterocycles. The molecule has 1 N–H and O–H groups in total. The molecule has 0 amide bonds. The SMILES string of the molecule is CCN(Cc1cc(Cl)ccc1O)c1ccccc1. The molecule has 18 heavy (non-hydrogen) atoms. The fraction of sp³-hybridized carbons (Fsp3) is 0.200. The highest BCUT2D eigenvalue weighted by Crippen LogP contribution is 2.25. The average Bonchev–Trinajstić information content (AvgIpc) is 2.41. The third-order valence-corrected chi connectivity index (χ3v) is 3.14. The highest BCUT2D eigenvalue weighted by molar-refractivity contribution is 6.30. The van der Waals surface area contributed by atoms with Crippen molar-refractivity contribution in [3.63, 3.8) is 0 Å². The van der Waals surface area contributed by atoms with Gasteiger partial charge in [0, 0.05) is 29.4 Å². The van der Waals surface area contributed by atoms with Crippen LogP contribution in [0.25, 0.3) is 0 Å². The van der Waals surface area contributed by atoms with Gasteiger partial charge in [-0.05, 0) is 37.3 Å². The molecule has 2 aromatic carbocycles. The Balaban J connectivity index is 2.23. The lowest BCUT2D eigenvalue weighted by atomic mass is 10.1. The van der Waals surface area contributed by atoms with Crippen LogP contribution in [-0.4, -0.2) is 11.7 Å². The molecule has 3 heteroatoms. The molecule has 2 aromatic rings. The lowest BCUT2D eigenvalue weighted by Crippen LogP contribution is -2.21. The second kappa shape index (κ2) is 5.78. The first kappa shape index (κ1) is 12.8. The molecule has 0 unspecified atom stereocenters. The number of nitrogens with zero attached hydrogens (tertiary/aromatic N) is 1. The summed E-state index contributed by atoms with van der Waals surface area (Å²) in [5, 5.41) is 10.5. The molecule has 0 heterocycles. The Kier molecular flexibility index (Phi) is 4.11. The minimum Gasteiger partial charge on any atom is -0.508 e. The largest absolute Gasteiger partial charge is 0.508 e. The van der Waals surface area contributed by atoms with Crippen LogP contribution < -0.4 is 4.90 Å². The summed E-state index contributed by atoms with van der Waals surface area (Å²) in [4.78, 5) is 2.19. The van der Waals surface area contributed by atoms with Crippen molar-refractivity contribution in [1.82, 2.24) is 0 Å². The van der Waals surface area contributed by atoms with Crippen LogP contribution in [0.15, 0.2) is 48.5 Å². The molecule has 0 spiro atoms. The average molecular weight is 262 g/mol. The molecule has 0 bridgehead atoms. The molecule has 2 rings (SSSR count). The zero-order chi connectivity index (χ0) is 13.0. The number of hydrogen-bond donors (Lipinski definition) is 1. The predicted octanol–water partition coefficient (Wildman–Crippen LogP) is 4.07. The minimum atomic E-state index is 0.286. The van der Waals surface area contributed by atoms with Crippen molar-refractivity contribution < 1.29 is 5.11 Å². The van der Waals surface area contributed by atoms with Gasteiger partial charge in [0.15, 0.2) is 0 Å². The standard InChI is InChI=1S/C15H16ClNO/c1-2-17(14-6-4-3-5-7-14)11-12-10-13(16)8-9-15(12)18/h3-10,18H,2,11H2,1H3. The number of benzene rings is 2. The van der Waals surface area contributed by atoms with Gasteiger partial charge in [-0.1, -0.05) is 29.8 Å². The van der Waals surface area contributed by atoms with E-state index in [1.807, 2.05) is 24.3 Å². The zero-order valence-corrected chi connectivity index (χ0v) is 11.1. The molecule has 0 aliphatic carbocycles. The highest BCUT2D eigenvalue weighted by Gasteiger charge is 2.08. The second-order valence-electron chi connectivity index (χ2n) is 4.12. The number of phenolic OH excluding ortho intramolecular Hbond substituents is 1. The molecule has 2 nitrogen and oxygen atoms in total. The van der Waals surface area contributed by atoms with Gasteiger partial charge in [0.25, 0.3) is 0 Å². The van der Waals surface area contributed by atoms with Crippen LogP contribution in [0.2, 0.25) is 5.02 Å². The van der Waals surface area contributed by atoms with Crippen molar-refractivity contribution in [2.45, 2.75) is 13.5 Å². The number of hydrogen-bond acceptors (Lipinski definition) is 2. The van der Waals surface area contributed by atoms with Crippen LogP contribution in [0.4, 0.5) is 5.69 Å². The van der Waals surface area contributed by atoms with Gasteiger partial charge in [0.1, 0.15) is 5.75 Å². The van der Waals surface area contributed by atoms with E-state index < -0.39 is 0 Å². The van der Waals surface area contributed by atoms with E-state index in [-0.39, 0.29) is 5.75 Å². The van der Waals surface area contributed by atoms with Gasteiger partial charge < -0.3 is 10.0 Å². The Morgan fingerprint density at radius 1 is 1.11 bits per heavy atom. The minimum absolute atomic E-state index is 0.286. The van der Waals surface area contributed by atoms with Crippen molar-refractivity contribution >= 4 is 17.3 Å². The van der Waals surface area contributed by atoms with Crippen LogP contribution in [0.5, 0.6) is 5.75 Å². The van der Waals surface area contributed by atoms with Crippen LogP contribution in [0.1, 0.15) is 12.5 Å². The molecule has 0 radical (unpaired) electrons. The summed E-state index contributed by atoms with van der Waals surface area (Å²) >= 11 is 5.96. The first-order valence-corrected chi connectivity index (χ1v) is 6.36. The van der Waals surface area contributed by atoms with Gasteiger partial charge in [0.05, 0.1) is 0 Å². The molecular weight excluding hydrogens is 246 g/mol. The second-order valence-corrected chi connectivity index (χ2v) is 4.56. The van der Waals surface area contributed by atoms with Crippen LogP contribution in [0, 0.1) is 0 Å². The summed E-state index contributed by atoms with van der Waals surface area (Å²) < 4.78 is 0. The quantitative estimate of drug-likeness (QED) is 0.897. The molecule has 94 valence electrons. The van der Waals surface area contributed by atoms with E-state index in [1.165, 1.54) is 0 Å². The Morgan fingerprint density at radius 3 is 2.50 bits per heavy atom. The van der Waals surface area contributed by atoms with Gasteiger partial charge in [0.2, 0.25) is 0 Å². The number of anilines is 1.